The van der Waals surface area contributed by atoms with Crippen LogP contribution >= 0.6 is 0 Å². The van der Waals surface area contributed by atoms with Gasteiger partial charge in [-0.15, -0.1) is 0 Å². The minimum Gasteiger partial charge on any atom is -0.309 e. The highest BCUT2D eigenvalue weighted by Gasteiger charge is 2.65. The summed E-state index contributed by atoms with van der Waals surface area (Å²) < 4.78 is 26.5. The van der Waals surface area contributed by atoms with Crippen molar-refractivity contribution in [2.75, 3.05) is 13.1 Å². The van der Waals surface area contributed by atoms with Crippen molar-refractivity contribution in [2.24, 2.45) is 11.8 Å². The first-order chi connectivity index (χ1) is 16.0. The van der Waals surface area contributed by atoms with Gasteiger partial charge in [-0.25, -0.2) is 8.78 Å². The number of hydrogen-bond donors (Lipinski definition) is 2. The third-order valence-electron chi connectivity index (χ3n) is 8.68. The van der Waals surface area contributed by atoms with Gasteiger partial charge in [-0.1, -0.05) is 42.5 Å². The molecule has 0 radical (unpaired) electrons. The fourth-order valence-corrected chi connectivity index (χ4v) is 6.64. The van der Waals surface area contributed by atoms with E-state index in [0.29, 0.717) is 6.54 Å². The van der Waals surface area contributed by atoms with Crippen molar-refractivity contribution in [1.82, 2.24) is 10.6 Å². The predicted molar refractivity (Wildman–Crippen MR) is 120 cm³/mol. The predicted octanol–water partition coefficient (Wildman–Crippen LogP) is 4.74. The highest BCUT2D eigenvalue weighted by atomic mass is 19.3. The number of halogens is 2. The van der Waals surface area contributed by atoms with E-state index in [9.17, 15) is 19.3 Å². The summed E-state index contributed by atoms with van der Waals surface area (Å²) >= 11 is 0. The Balaban J connectivity index is 1.25. The minimum absolute atomic E-state index is 0.00358. The van der Waals surface area contributed by atoms with Crippen LogP contribution in [-0.2, 0) is 0 Å². The second-order valence-electron chi connectivity index (χ2n) is 10.3. The minimum atomic E-state index is -2.51. The third-order valence-corrected chi connectivity index (χ3v) is 8.68. The lowest BCUT2D eigenvalue weighted by molar-refractivity contribution is 0.151. The molecule has 2 heterocycles. The van der Waals surface area contributed by atoms with Gasteiger partial charge in [-0.2, -0.15) is 10.5 Å². The van der Waals surface area contributed by atoms with Gasteiger partial charge in [0.1, 0.15) is 0 Å². The lowest BCUT2D eigenvalue weighted by Crippen LogP contribution is -2.31. The monoisotopic (exact) mass is 444 g/mol. The molecule has 2 aliphatic carbocycles. The zero-order chi connectivity index (χ0) is 22.8. The smallest absolute Gasteiger partial charge is 0.263 e. The van der Waals surface area contributed by atoms with E-state index in [2.05, 4.69) is 47.0 Å². The SMILES string of the molecule is N#C[C@H]1C(c2cccc(C3CC34NC[C@@H](c3cccc(C(F)F)c3)[C@@H]4C#N)c2)CNC12CC2. The first-order valence-corrected chi connectivity index (χ1v) is 11.8. The summed E-state index contributed by atoms with van der Waals surface area (Å²) in [5, 5.41) is 27.1. The number of alkyl halides is 2. The summed E-state index contributed by atoms with van der Waals surface area (Å²) in [5.74, 6) is 0.0479. The average molecular weight is 445 g/mol. The Morgan fingerprint density at radius 1 is 0.848 bits per heavy atom. The fraction of sp³-hybridized carbons (Fsp3) is 0.481. The quantitative estimate of drug-likeness (QED) is 0.715. The van der Waals surface area contributed by atoms with Crippen LogP contribution in [0.5, 0.6) is 0 Å². The van der Waals surface area contributed by atoms with Crippen LogP contribution in [0.15, 0.2) is 48.5 Å². The molecule has 6 atom stereocenters. The number of nitrogens with zero attached hydrogens (tertiary/aromatic N) is 2. The normalized spacial score (nSPS) is 35.6. The third kappa shape index (κ3) is 3.12. The molecule has 2 saturated carbocycles. The number of benzene rings is 2. The lowest BCUT2D eigenvalue weighted by Gasteiger charge is -2.20. The molecule has 0 amide bonds. The molecule has 2 aliphatic heterocycles. The molecule has 33 heavy (non-hydrogen) atoms. The molecule has 2 aromatic carbocycles. The maximum Gasteiger partial charge on any atom is 0.263 e. The molecule has 4 nitrogen and oxygen atoms in total. The van der Waals surface area contributed by atoms with E-state index in [0.717, 1.165) is 31.4 Å². The van der Waals surface area contributed by atoms with Gasteiger partial charge in [0, 0.05) is 47.5 Å². The van der Waals surface area contributed by atoms with E-state index in [-0.39, 0.29) is 46.2 Å². The van der Waals surface area contributed by atoms with Crippen molar-refractivity contribution in [3.05, 3.63) is 70.8 Å². The Labute approximate surface area is 192 Å². The van der Waals surface area contributed by atoms with Crippen molar-refractivity contribution in [3.63, 3.8) is 0 Å². The van der Waals surface area contributed by atoms with E-state index in [1.165, 1.54) is 17.2 Å². The van der Waals surface area contributed by atoms with Gasteiger partial charge < -0.3 is 10.6 Å². The van der Waals surface area contributed by atoms with Crippen molar-refractivity contribution < 1.29 is 8.78 Å². The van der Waals surface area contributed by atoms with E-state index in [4.69, 9.17) is 0 Å². The van der Waals surface area contributed by atoms with Crippen LogP contribution in [0.1, 0.15) is 65.7 Å². The molecule has 6 rings (SSSR count). The zero-order valence-electron chi connectivity index (χ0n) is 18.3. The molecule has 2 aromatic rings. The maximum absolute atomic E-state index is 13.2. The lowest BCUT2D eigenvalue weighted by atomic mass is 9.82. The van der Waals surface area contributed by atoms with E-state index < -0.39 is 6.43 Å². The first kappa shape index (κ1) is 20.8. The largest absolute Gasteiger partial charge is 0.309 e. The van der Waals surface area contributed by atoms with Gasteiger partial charge in [0.05, 0.1) is 24.0 Å². The van der Waals surface area contributed by atoms with Crippen LogP contribution < -0.4 is 10.6 Å². The van der Waals surface area contributed by atoms with Crippen LogP contribution in [-0.4, -0.2) is 24.2 Å². The van der Waals surface area contributed by atoms with Crippen molar-refractivity contribution in [1.29, 1.82) is 10.5 Å². The summed E-state index contributed by atoms with van der Waals surface area (Å²) in [5.41, 5.74) is 2.94. The van der Waals surface area contributed by atoms with E-state index >= 15 is 0 Å². The Morgan fingerprint density at radius 3 is 2.18 bits per heavy atom. The van der Waals surface area contributed by atoms with E-state index in [1.807, 2.05) is 6.07 Å². The second kappa shape index (κ2) is 7.35. The number of rotatable bonds is 4. The summed E-state index contributed by atoms with van der Waals surface area (Å²) in [6.45, 7) is 1.45. The molecule has 4 aliphatic rings. The molecule has 0 aromatic heterocycles. The molecule has 168 valence electrons. The molecule has 0 bridgehead atoms. The average Bonchev–Trinajstić information content (AvgIpc) is 3.68. The zero-order valence-corrected chi connectivity index (χ0v) is 18.3. The Hall–Kier alpha value is -2.80. The molecule has 2 saturated heterocycles. The number of nitrogens with one attached hydrogen (secondary N) is 2. The molecule has 2 N–H and O–H groups in total. The second-order valence-corrected chi connectivity index (χ2v) is 10.3. The Bertz CT molecular complexity index is 1180. The highest BCUT2D eigenvalue weighted by Crippen LogP contribution is 2.62. The molecule has 2 spiro atoms. The first-order valence-electron chi connectivity index (χ1n) is 11.8. The fourth-order valence-electron chi connectivity index (χ4n) is 6.64. The van der Waals surface area contributed by atoms with Crippen LogP contribution in [0.4, 0.5) is 8.78 Å². The molecular formula is C27H26F2N4. The van der Waals surface area contributed by atoms with Gasteiger partial charge in [0.2, 0.25) is 0 Å². The van der Waals surface area contributed by atoms with Gasteiger partial charge in [-0.05, 0) is 42.0 Å². The van der Waals surface area contributed by atoms with Crippen molar-refractivity contribution in [2.45, 2.75) is 54.5 Å². The van der Waals surface area contributed by atoms with Crippen LogP contribution in [0.2, 0.25) is 0 Å². The summed E-state index contributed by atoms with van der Waals surface area (Å²) in [4.78, 5) is 0. The maximum atomic E-state index is 13.2. The summed E-state index contributed by atoms with van der Waals surface area (Å²) in [7, 11) is 0. The molecule has 6 heteroatoms. The van der Waals surface area contributed by atoms with Crippen molar-refractivity contribution in [3.8, 4) is 12.1 Å². The topological polar surface area (TPSA) is 71.6 Å². The van der Waals surface area contributed by atoms with Gasteiger partial charge >= 0.3 is 0 Å². The van der Waals surface area contributed by atoms with Crippen LogP contribution in [0.25, 0.3) is 0 Å². The Kier molecular flexibility index (Phi) is 4.63. The van der Waals surface area contributed by atoms with Gasteiger partial charge in [-0.3, -0.25) is 0 Å². The van der Waals surface area contributed by atoms with E-state index in [1.54, 1.807) is 12.1 Å². The number of hydrogen-bond acceptors (Lipinski definition) is 4. The van der Waals surface area contributed by atoms with Crippen LogP contribution in [0, 0.1) is 34.5 Å². The highest BCUT2D eigenvalue weighted by molar-refractivity contribution is 5.45. The molecule has 3 unspecified atom stereocenters. The summed E-state index contributed by atoms with van der Waals surface area (Å²) in [6.07, 6.45) is 0.514. The van der Waals surface area contributed by atoms with Crippen molar-refractivity contribution >= 4 is 0 Å². The Morgan fingerprint density at radius 2 is 1.48 bits per heavy atom. The van der Waals surface area contributed by atoms with Crippen LogP contribution in [0.3, 0.4) is 0 Å². The van der Waals surface area contributed by atoms with Gasteiger partial charge in [0.25, 0.3) is 6.43 Å². The molecular weight excluding hydrogens is 418 g/mol. The molecule has 4 fully saturated rings. The summed E-state index contributed by atoms with van der Waals surface area (Å²) in [6, 6.07) is 20.2. The standard InChI is InChI=1S/C27H26F2N4/c28-25(29)19-6-2-4-17(10-19)21-15-33-27(24(21)13-31)11-22(27)18-5-1-3-16(9-18)20-14-32-26(7-8-26)23(20)12-30/h1-6,9-10,20-25,32-33H,7-8,11,14-15H2/t20?,21-,22?,23-,24-,27?/m0/s1. The number of nitriles is 2. The van der Waals surface area contributed by atoms with Gasteiger partial charge in [0.15, 0.2) is 0 Å².